The third-order valence-corrected chi connectivity index (χ3v) is 3.88. The molecule has 2 aromatic rings. The molecule has 5 heteroatoms. The zero-order valence-corrected chi connectivity index (χ0v) is 11.5. The van der Waals surface area contributed by atoms with Crippen LogP contribution < -0.4 is 5.56 Å². The number of alkyl halides is 2. The van der Waals surface area contributed by atoms with Crippen molar-refractivity contribution in [2.45, 2.75) is 38.5 Å². The Labute approximate surface area is 121 Å². The second-order valence-corrected chi connectivity index (χ2v) is 5.32. The third-order valence-electron chi connectivity index (χ3n) is 3.88. The van der Waals surface area contributed by atoms with Crippen molar-refractivity contribution in [3.05, 3.63) is 51.4 Å². The second kappa shape index (κ2) is 5.76. The molecule has 1 aromatic carbocycles. The first-order valence-electron chi connectivity index (χ1n) is 7.15. The number of rotatable bonds is 2. The molecular weight excluding hydrogens is 274 g/mol. The molecule has 0 saturated heterocycles. The van der Waals surface area contributed by atoms with Crippen LogP contribution in [0.1, 0.15) is 42.5 Å². The highest BCUT2D eigenvalue weighted by Gasteiger charge is 2.15. The smallest absolute Gasteiger partial charge is 0.263 e. The molecule has 1 aliphatic carbocycles. The lowest BCUT2D eigenvalue weighted by atomic mass is 10.1. The molecule has 0 bridgehead atoms. The Kier molecular flexibility index (Phi) is 3.82. The van der Waals surface area contributed by atoms with Gasteiger partial charge in [-0.05, 0) is 25.7 Å². The predicted molar refractivity (Wildman–Crippen MR) is 76.5 cm³/mol. The molecule has 0 aliphatic heterocycles. The van der Waals surface area contributed by atoms with E-state index in [1.807, 2.05) is 0 Å². The van der Waals surface area contributed by atoms with Gasteiger partial charge in [0, 0.05) is 16.7 Å². The van der Waals surface area contributed by atoms with Crippen LogP contribution in [0.4, 0.5) is 8.78 Å². The van der Waals surface area contributed by atoms with Crippen LogP contribution in [-0.2, 0) is 12.8 Å². The molecule has 1 aromatic heterocycles. The quantitative estimate of drug-likeness (QED) is 0.858. The van der Waals surface area contributed by atoms with E-state index in [4.69, 9.17) is 0 Å². The maximum absolute atomic E-state index is 12.6. The maximum atomic E-state index is 12.6. The summed E-state index contributed by atoms with van der Waals surface area (Å²) in [5, 5.41) is 0. The molecule has 3 nitrogen and oxygen atoms in total. The number of benzene rings is 1. The number of nitrogens with one attached hydrogen (secondary N) is 1. The topological polar surface area (TPSA) is 45.8 Å². The number of aromatic nitrogens is 2. The summed E-state index contributed by atoms with van der Waals surface area (Å²) in [5.74, 6) is 0.460. The van der Waals surface area contributed by atoms with Gasteiger partial charge in [0.05, 0.1) is 5.69 Å². The van der Waals surface area contributed by atoms with Crippen molar-refractivity contribution in [3.8, 4) is 11.4 Å². The van der Waals surface area contributed by atoms with E-state index in [2.05, 4.69) is 9.97 Å². The van der Waals surface area contributed by atoms with Gasteiger partial charge in [-0.2, -0.15) is 0 Å². The highest BCUT2D eigenvalue weighted by atomic mass is 19.3. The van der Waals surface area contributed by atoms with E-state index >= 15 is 0 Å². The van der Waals surface area contributed by atoms with Crippen molar-refractivity contribution in [2.75, 3.05) is 0 Å². The van der Waals surface area contributed by atoms with E-state index in [-0.39, 0.29) is 11.1 Å². The summed E-state index contributed by atoms with van der Waals surface area (Å²) < 4.78 is 25.1. The molecule has 0 unspecified atom stereocenters. The fraction of sp³-hybridized carbons (Fsp3) is 0.375. The number of halogens is 2. The van der Waals surface area contributed by atoms with Crippen molar-refractivity contribution >= 4 is 0 Å². The van der Waals surface area contributed by atoms with Crippen molar-refractivity contribution in [1.29, 1.82) is 0 Å². The molecule has 21 heavy (non-hydrogen) atoms. The minimum absolute atomic E-state index is 0.0316. The van der Waals surface area contributed by atoms with E-state index in [0.717, 1.165) is 43.4 Å². The van der Waals surface area contributed by atoms with Gasteiger partial charge in [-0.3, -0.25) is 4.79 Å². The third kappa shape index (κ3) is 2.86. The minimum Gasteiger partial charge on any atom is -0.306 e. The number of hydrogen-bond donors (Lipinski definition) is 1. The Balaban J connectivity index is 2.01. The Morgan fingerprint density at radius 3 is 2.48 bits per heavy atom. The summed E-state index contributed by atoms with van der Waals surface area (Å²) in [6.07, 6.45) is 2.24. The Hall–Kier alpha value is -2.04. The molecule has 0 fully saturated rings. The number of hydrogen-bond acceptors (Lipinski definition) is 2. The van der Waals surface area contributed by atoms with Crippen LogP contribution in [0.5, 0.6) is 0 Å². The minimum atomic E-state index is -2.49. The molecule has 1 heterocycles. The summed E-state index contributed by atoms with van der Waals surface area (Å²) >= 11 is 0. The van der Waals surface area contributed by atoms with Crippen molar-refractivity contribution in [3.63, 3.8) is 0 Å². The van der Waals surface area contributed by atoms with Gasteiger partial charge in [-0.1, -0.05) is 30.7 Å². The van der Waals surface area contributed by atoms with Gasteiger partial charge < -0.3 is 4.98 Å². The molecule has 110 valence electrons. The number of nitrogens with zero attached hydrogens (tertiary/aromatic N) is 1. The monoisotopic (exact) mass is 290 g/mol. The van der Waals surface area contributed by atoms with Crippen LogP contribution in [0, 0.1) is 0 Å². The van der Waals surface area contributed by atoms with Crippen LogP contribution in [-0.4, -0.2) is 9.97 Å². The number of fused-ring (bicyclic) bond motifs is 1. The summed E-state index contributed by atoms with van der Waals surface area (Å²) in [4.78, 5) is 19.5. The molecule has 0 spiro atoms. The molecule has 1 aliphatic rings. The highest BCUT2D eigenvalue weighted by molar-refractivity contribution is 5.55. The predicted octanol–water partition coefficient (Wildman–Crippen LogP) is 3.64. The SMILES string of the molecule is O=c1[nH]c(-c2ccc(C(F)F)cc2)nc2c1CCCCC2. The van der Waals surface area contributed by atoms with E-state index in [0.29, 0.717) is 11.4 Å². The van der Waals surface area contributed by atoms with Gasteiger partial charge in [0.15, 0.2) is 0 Å². The average Bonchev–Trinajstić information content (AvgIpc) is 2.73. The first kappa shape index (κ1) is 13.9. The molecular formula is C16H16F2N2O. The van der Waals surface area contributed by atoms with Crippen molar-refractivity contribution in [1.82, 2.24) is 9.97 Å². The Bertz CT molecular complexity index is 692. The molecule has 0 atom stereocenters. The van der Waals surface area contributed by atoms with E-state index < -0.39 is 6.43 Å². The normalized spacial score (nSPS) is 14.8. The summed E-state index contributed by atoms with van der Waals surface area (Å²) in [6, 6.07) is 5.88. The summed E-state index contributed by atoms with van der Waals surface area (Å²) in [5.41, 5.74) is 2.15. The van der Waals surface area contributed by atoms with Gasteiger partial charge in [-0.15, -0.1) is 0 Å². The lowest BCUT2D eigenvalue weighted by Gasteiger charge is -2.08. The average molecular weight is 290 g/mol. The second-order valence-electron chi connectivity index (χ2n) is 5.32. The van der Waals surface area contributed by atoms with Gasteiger partial charge in [0.2, 0.25) is 0 Å². The molecule has 3 rings (SSSR count). The Morgan fingerprint density at radius 1 is 1.05 bits per heavy atom. The molecule has 0 radical (unpaired) electrons. The number of aromatic amines is 1. The summed E-state index contributed by atoms with van der Waals surface area (Å²) in [7, 11) is 0. The standard InChI is InChI=1S/C16H16F2N2O/c17-14(18)10-6-8-11(9-7-10)15-19-13-5-3-1-2-4-12(13)16(21)20-15/h6-9,14H,1-5H2,(H,19,20,21). The zero-order valence-electron chi connectivity index (χ0n) is 11.5. The van der Waals surface area contributed by atoms with Crippen LogP contribution >= 0.6 is 0 Å². The first-order chi connectivity index (χ1) is 10.1. The van der Waals surface area contributed by atoms with Crippen LogP contribution in [0.25, 0.3) is 11.4 Å². The van der Waals surface area contributed by atoms with Crippen LogP contribution in [0.3, 0.4) is 0 Å². The van der Waals surface area contributed by atoms with Gasteiger partial charge in [0.25, 0.3) is 12.0 Å². The van der Waals surface area contributed by atoms with Crippen molar-refractivity contribution < 1.29 is 8.78 Å². The first-order valence-corrected chi connectivity index (χ1v) is 7.15. The maximum Gasteiger partial charge on any atom is 0.263 e. The van der Waals surface area contributed by atoms with Crippen molar-refractivity contribution in [2.24, 2.45) is 0 Å². The largest absolute Gasteiger partial charge is 0.306 e. The molecule has 0 amide bonds. The number of H-pyrrole nitrogens is 1. The Morgan fingerprint density at radius 2 is 1.76 bits per heavy atom. The fourth-order valence-corrected chi connectivity index (χ4v) is 2.70. The van der Waals surface area contributed by atoms with Gasteiger partial charge in [0.1, 0.15) is 5.82 Å². The fourth-order valence-electron chi connectivity index (χ4n) is 2.70. The lowest BCUT2D eigenvalue weighted by Crippen LogP contribution is -2.18. The van der Waals surface area contributed by atoms with Crippen LogP contribution in [0.2, 0.25) is 0 Å². The van der Waals surface area contributed by atoms with E-state index in [1.165, 1.54) is 12.1 Å². The van der Waals surface area contributed by atoms with E-state index in [9.17, 15) is 13.6 Å². The van der Waals surface area contributed by atoms with Gasteiger partial charge >= 0.3 is 0 Å². The molecule has 1 N–H and O–H groups in total. The lowest BCUT2D eigenvalue weighted by molar-refractivity contribution is 0.151. The summed E-state index contributed by atoms with van der Waals surface area (Å²) in [6.45, 7) is 0. The van der Waals surface area contributed by atoms with Gasteiger partial charge in [-0.25, -0.2) is 13.8 Å². The highest BCUT2D eigenvalue weighted by Crippen LogP contribution is 2.23. The zero-order chi connectivity index (χ0) is 14.8. The molecule has 0 saturated carbocycles. The van der Waals surface area contributed by atoms with Crippen LogP contribution in [0.15, 0.2) is 29.1 Å². The van der Waals surface area contributed by atoms with E-state index in [1.54, 1.807) is 12.1 Å². The number of aryl methyl sites for hydroxylation is 1.